The Morgan fingerprint density at radius 1 is 1.23 bits per heavy atom. The predicted octanol–water partition coefficient (Wildman–Crippen LogP) is 5.95. The number of thioether (sulfide) groups is 1. The van der Waals surface area contributed by atoms with E-state index in [-0.39, 0.29) is 17.8 Å². The first-order valence-electron chi connectivity index (χ1n) is 9.53. The summed E-state index contributed by atoms with van der Waals surface area (Å²) in [4.78, 5) is 12.4. The third-order valence-corrected chi connectivity index (χ3v) is 5.97. The standard InChI is InChI=1S/C22H22Cl2N4O2S/c1-4-12-28-21(15(3)30-18-11-6-5-8-14(18)2)26-27-22(28)31-13-19(29)25-20-16(23)9-7-10-17(20)24/h4-11,15H,1,12-13H2,2-3H3,(H,25,29). The second-order valence-corrected chi connectivity index (χ2v) is 8.46. The molecule has 31 heavy (non-hydrogen) atoms. The number of aryl methyl sites for hydroxylation is 1. The fourth-order valence-corrected chi connectivity index (χ4v) is 4.11. The molecule has 0 aliphatic rings. The van der Waals surface area contributed by atoms with Crippen molar-refractivity contribution in [1.82, 2.24) is 14.8 Å². The molecule has 0 saturated heterocycles. The molecule has 1 atom stereocenters. The summed E-state index contributed by atoms with van der Waals surface area (Å²) in [7, 11) is 0. The maximum absolute atomic E-state index is 12.4. The Kier molecular flexibility index (Phi) is 8.01. The van der Waals surface area contributed by atoms with Gasteiger partial charge in [0.2, 0.25) is 5.91 Å². The van der Waals surface area contributed by atoms with Gasteiger partial charge in [-0.05, 0) is 37.6 Å². The van der Waals surface area contributed by atoms with Crippen LogP contribution in [-0.4, -0.2) is 26.4 Å². The molecule has 0 aliphatic heterocycles. The van der Waals surface area contributed by atoms with Gasteiger partial charge in [0.15, 0.2) is 17.1 Å². The van der Waals surface area contributed by atoms with Crippen molar-refractivity contribution in [2.45, 2.75) is 31.7 Å². The van der Waals surface area contributed by atoms with Crippen LogP contribution in [0.1, 0.15) is 24.4 Å². The molecular formula is C22H22Cl2N4O2S. The number of amides is 1. The number of allylic oxidation sites excluding steroid dienone is 1. The van der Waals surface area contributed by atoms with E-state index in [0.29, 0.717) is 33.3 Å². The third-order valence-electron chi connectivity index (χ3n) is 4.38. The molecule has 0 fully saturated rings. The highest BCUT2D eigenvalue weighted by Crippen LogP contribution is 2.30. The van der Waals surface area contributed by atoms with E-state index in [9.17, 15) is 4.79 Å². The van der Waals surface area contributed by atoms with Crippen LogP contribution in [0.4, 0.5) is 5.69 Å². The summed E-state index contributed by atoms with van der Waals surface area (Å²) in [6, 6.07) is 12.8. The van der Waals surface area contributed by atoms with Gasteiger partial charge in [-0.2, -0.15) is 0 Å². The molecule has 3 aromatic rings. The van der Waals surface area contributed by atoms with Crippen molar-refractivity contribution in [2.75, 3.05) is 11.1 Å². The lowest BCUT2D eigenvalue weighted by atomic mass is 10.2. The summed E-state index contributed by atoms with van der Waals surface area (Å²) in [5.74, 6) is 1.30. The lowest BCUT2D eigenvalue weighted by Crippen LogP contribution is -2.16. The Hall–Kier alpha value is -2.48. The maximum Gasteiger partial charge on any atom is 0.234 e. The molecule has 1 aromatic heterocycles. The third kappa shape index (κ3) is 5.81. The van der Waals surface area contributed by atoms with Crippen molar-refractivity contribution in [1.29, 1.82) is 0 Å². The molecule has 162 valence electrons. The molecule has 0 aliphatic carbocycles. The van der Waals surface area contributed by atoms with Crippen molar-refractivity contribution in [3.8, 4) is 5.75 Å². The molecule has 6 nitrogen and oxygen atoms in total. The number of hydrogen-bond acceptors (Lipinski definition) is 5. The van der Waals surface area contributed by atoms with E-state index >= 15 is 0 Å². The van der Waals surface area contributed by atoms with Crippen LogP contribution in [0.15, 0.2) is 60.3 Å². The number of ether oxygens (including phenoxy) is 1. The van der Waals surface area contributed by atoms with Gasteiger partial charge in [-0.3, -0.25) is 9.36 Å². The van der Waals surface area contributed by atoms with Crippen LogP contribution in [0.3, 0.4) is 0 Å². The Bertz CT molecular complexity index is 1070. The number of carbonyl (C=O) groups excluding carboxylic acids is 1. The minimum absolute atomic E-state index is 0.115. The van der Waals surface area contributed by atoms with Gasteiger partial charge in [-0.15, -0.1) is 16.8 Å². The molecule has 1 amide bonds. The number of benzene rings is 2. The molecule has 3 rings (SSSR count). The quantitative estimate of drug-likeness (QED) is 0.305. The molecule has 2 aromatic carbocycles. The summed E-state index contributed by atoms with van der Waals surface area (Å²) in [6.07, 6.45) is 1.42. The van der Waals surface area contributed by atoms with Crippen LogP contribution in [-0.2, 0) is 11.3 Å². The van der Waals surface area contributed by atoms with Gasteiger partial charge in [0.25, 0.3) is 0 Å². The van der Waals surface area contributed by atoms with Gasteiger partial charge in [-0.25, -0.2) is 0 Å². The average molecular weight is 477 g/mol. The number of nitrogens with one attached hydrogen (secondary N) is 1. The summed E-state index contributed by atoms with van der Waals surface area (Å²) in [5.41, 5.74) is 1.43. The molecular weight excluding hydrogens is 455 g/mol. The van der Waals surface area contributed by atoms with E-state index in [0.717, 1.165) is 11.3 Å². The van der Waals surface area contributed by atoms with Crippen molar-refractivity contribution in [3.05, 3.63) is 76.6 Å². The molecule has 1 unspecified atom stereocenters. The Morgan fingerprint density at radius 2 is 1.94 bits per heavy atom. The zero-order valence-corrected chi connectivity index (χ0v) is 19.5. The lowest BCUT2D eigenvalue weighted by molar-refractivity contribution is -0.113. The topological polar surface area (TPSA) is 69.0 Å². The number of halogens is 2. The minimum Gasteiger partial charge on any atom is -0.482 e. The van der Waals surface area contributed by atoms with Gasteiger partial charge in [-0.1, -0.05) is 65.3 Å². The van der Waals surface area contributed by atoms with E-state index in [2.05, 4.69) is 22.1 Å². The smallest absolute Gasteiger partial charge is 0.234 e. The first-order chi connectivity index (χ1) is 14.9. The number of hydrogen-bond donors (Lipinski definition) is 1. The molecule has 0 radical (unpaired) electrons. The normalized spacial score (nSPS) is 11.7. The minimum atomic E-state index is -0.335. The lowest BCUT2D eigenvalue weighted by Gasteiger charge is -2.17. The first kappa shape index (κ1) is 23.2. The zero-order chi connectivity index (χ0) is 22.4. The van der Waals surface area contributed by atoms with Crippen LogP contribution in [0.2, 0.25) is 10.0 Å². The highest BCUT2D eigenvalue weighted by atomic mass is 35.5. The molecule has 0 spiro atoms. The van der Waals surface area contributed by atoms with Gasteiger partial charge < -0.3 is 10.1 Å². The van der Waals surface area contributed by atoms with Crippen molar-refractivity contribution < 1.29 is 9.53 Å². The van der Waals surface area contributed by atoms with Crippen LogP contribution >= 0.6 is 35.0 Å². The highest BCUT2D eigenvalue weighted by Gasteiger charge is 2.20. The van der Waals surface area contributed by atoms with Crippen LogP contribution in [0.25, 0.3) is 0 Å². The number of rotatable bonds is 9. The SMILES string of the molecule is C=CCn1c(SCC(=O)Nc2c(Cl)cccc2Cl)nnc1C(C)Oc1ccccc1C. The monoisotopic (exact) mass is 476 g/mol. The summed E-state index contributed by atoms with van der Waals surface area (Å²) in [6.45, 7) is 8.20. The predicted molar refractivity (Wildman–Crippen MR) is 126 cm³/mol. The molecule has 0 saturated carbocycles. The van der Waals surface area contributed by atoms with E-state index < -0.39 is 0 Å². The summed E-state index contributed by atoms with van der Waals surface area (Å²) < 4.78 is 7.97. The first-order valence-corrected chi connectivity index (χ1v) is 11.3. The van der Waals surface area contributed by atoms with Crippen LogP contribution < -0.4 is 10.1 Å². The summed E-state index contributed by atoms with van der Waals surface area (Å²) in [5, 5.41) is 12.6. The highest BCUT2D eigenvalue weighted by molar-refractivity contribution is 7.99. The van der Waals surface area contributed by atoms with Gasteiger partial charge in [0.05, 0.1) is 21.5 Å². The number of anilines is 1. The number of carbonyl (C=O) groups is 1. The van der Waals surface area contributed by atoms with Crippen molar-refractivity contribution in [2.24, 2.45) is 0 Å². The Balaban J connectivity index is 1.70. The van der Waals surface area contributed by atoms with Crippen LogP contribution in [0.5, 0.6) is 5.75 Å². The number of aromatic nitrogens is 3. The Morgan fingerprint density at radius 3 is 2.61 bits per heavy atom. The van der Waals surface area contributed by atoms with Gasteiger partial charge in [0.1, 0.15) is 5.75 Å². The Labute approximate surface area is 195 Å². The molecule has 1 N–H and O–H groups in total. The van der Waals surface area contributed by atoms with E-state index in [1.54, 1.807) is 24.3 Å². The summed E-state index contributed by atoms with van der Waals surface area (Å²) >= 11 is 13.5. The van der Waals surface area contributed by atoms with E-state index in [1.807, 2.05) is 42.7 Å². The second-order valence-electron chi connectivity index (χ2n) is 6.70. The van der Waals surface area contributed by atoms with Crippen molar-refractivity contribution in [3.63, 3.8) is 0 Å². The maximum atomic E-state index is 12.4. The van der Waals surface area contributed by atoms with Gasteiger partial charge in [0, 0.05) is 6.54 Å². The van der Waals surface area contributed by atoms with E-state index in [4.69, 9.17) is 27.9 Å². The fraction of sp³-hybridized carbons (Fsp3) is 0.227. The fourth-order valence-electron chi connectivity index (χ4n) is 2.86. The number of para-hydroxylation sites is 2. The average Bonchev–Trinajstić information content (AvgIpc) is 3.14. The molecule has 1 heterocycles. The van der Waals surface area contributed by atoms with Gasteiger partial charge >= 0.3 is 0 Å². The zero-order valence-electron chi connectivity index (χ0n) is 17.1. The van der Waals surface area contributed by atoms with Crippen molar-refractivity contribution >= 4 is 46.6 Å². The largest absolute Gasteiger partial charge is 0.482 e. The number of nitrogens with zero attached hydrogens (tertiary/aromatic N) is 3. The van der Waals surface area contributed by atoms with E-state index in [1.165, 1.54) is 11.8 Å². The molecule has 9 heteroatoms. The second kappa shape index (κ2) is 10.7. The van der Waals surface area contributed by atoms with Crippen LogP contribution in [0, 0.1) is 6.92 Å². The molecule has 0 bridgehead atoms.